The summed E-state index contributed by atoms with van der Waals surface area (Å²) in [4.78, 5) is 26.6. The largest absolute Gasteiger partial charge is 0.384 e. The van der Waals surface area contributed by atoms with Crippen LogP contribution in [0.3, 0.4) is 0 Å². The van der Waals surface area contributed by atoms with Gasteiger partial charge in [-0.3, -0.25) is 4.79 Å². The average Bonchev–Trinajstić information content (AvgIpc) is 3.23. The van der Waals surface area contributed by atoms with Gasteiger partial charge in [0, 0.05) is 6.20 Å². The van der Waals surface area contributed by atoms with Crippen LogP contribution in [0, 0.1) is 0 Å². The van der Waals surface area contributed by atoms with Gasteiger partial charge < -0.3 is 5.11 Å². The zero-order valence-corrected chi connectivity index (χ0v) is 17.9. The van der Waals surface area contributed by atoms with Gasteiger partial charge in [0.05, 0.1) is 12.2 Å². The molecule has 3 aromatic rings. The second-order valence-electron chi connectivity index (χ2n) is 7.47. The van der Waals surface area contributed by atoms with E-state index in [9.17, 15) is 9.90 Å². The minimum absolute atomic E-state index is 0.193. The van der Waals surface area contributed by atoms with Gasteiger partial charge in [-0.15, -0.1) is 13.2 Å². The van der Waals surface area contributed by atoms with Gasteiger partial charge in [0.15, 0.2) is 16.6 Å². The number of unbranched alkanes of at least 4 members (excludes halogenated alkanes) is 1. The van der Waals surface area contributed by atoms with Gasteiger partial charge in [-0.05, 0) is 50.0 Å². The van der Waals surface area contributed by atoms with E-state index in [0.717, 1.165) is 24.8 Å². The van der Waals surface area contributed by atoms with E-state index >= 15 is 0 Å². The van der Waals surface area contributed by atoms with Crippen LogP contribution in [-0.4, -0.2) is 35.7 Å². The van der Waals surface area contributed by atoms with E-state index in [-0.39, 0.29) is 5.56 Å². The Kier molecular flexibility index (Phi) is 5.62. The Morgan fingerprint density at radius 3 is 2.87 bits per heavy atom. The molecule has 0 aromatic carbocycles. The SMILES string of the molecule is C=CCCCC1(O)CCc2ccc(-n3c4nc(SC)ncc4c(=O)n3CC=C)nc21. The highest BCUT2D eigenvalue weighted by Gasteiger charge is 2.38. The van der Waals surface area contributed by atoms with Gasteiger partial charge in [-0.2, -0.15) is 0 Å². The molecular weight excluding hydrogens is 398 g/mol. The Balaban J connectivity index is 1.89. The van der Waals surface area contributed by atoms with Crippen LogP contribution in [0.4, 0.5) is 0 Å². The summed E-state index contributed by atoms with van der Waals surface area (Å²) in [5, 5.41) is 12.3. The Bertz CT molecular complexity index is 1180. The van der Waals surface area contributed by atoms with E-state index in [2.05, 4.69) is 23.1 Å². The summed E-state index contributed by atoms with van der Waals surface area (Å²) < 4.78 is 3.26. The van der Waals surface area contributed by atoms with Crippen molar-refractivity contribution in [2.45, 2.75) is 49.4 Å². The predicted molar refractivity (Wildman–Crippen MR) is 119 cm³/mol. The molecule has 1 atom stereocenters. The lowest BCUT2D eigenvalue weighted by Crippen LogP contribution is -2.26. The molecule has 7 nitrogen and oxygen atoms in total. The Labute approximate surface area is 179 Å². The Morgan fingerprint density at radius 1 is 1.30 bits per heavy atom. The molecule has 30 heavy (non-hydrogen) atoms. The number of hydrogen-bond donors (Lipinski definition) is 1. The Hall–Kier alpha value is -2.71. The first-order chi connectivity index (χ1) is 14.5. The highest BCUT2D eigenvalue weighted by atomic mass is 32.2. The summed E-state index contributed by atoms with van der Waals surface area (Å²) >= 11 is 1.41. The van der Waals surface area contributed by atoms with Crippen LogP contribution in [0.25, 0.3) is 16.9 Å². The van der Waals surface area contributed by atoms with Crippen LogP contribution >= 0.6 is 11.8 Å². The smallest absolute Gasteiger partial charge is 0.278 e. The minimum Gasteiger partial charge on any atom is -0.384 e. The average molecular weight is 424 g/mol. The molecule has 3 aromatic heterocycles. The van der Waals surface area contributed by atoms with Crippen LogP contribution in [0.2, 0.25) is 0 Å². The lowest BCUT2D eigenvalue weighted by atomic mass is 9.94. The van der Waals surface area contributed by atoms with Gasteiger partial charge in [0.1, 0.15) is 11.0 Å². The van der Waals surface area contributed by atoms with Crippen LogP contribution in [0.15, 0.2) is 53.6 Å². The molecule has 0 radical (unpaired) electrons. The third-order valence-corrected chi connectivity index (χ3v) is 6.13. The van der Waals surface area contributed by atoms with Crippen LogP contribution in [0.1, 0.15) is 36.9 Å². The van der Waals surface area contributed by atoms with Crippen molar-refractivity contribution in [3.8, 4) is 5.82 Å². The summed E-state index contributed by atoms with van der Waals surface area (Å²) in [6.07, 6.45) is 10.8. The number of pyridine rings is 1. The maximum atomic E-state index is 13.0. The molecule has 156 valence electrons. The number of hydrogen-bond acceptors (Lipinski definition) is 6. The van der Waals surface area contributed by atoms with Crippen LogP contribution < -0.4 is 5.56 Å². The standard InChI is InChI=1S/C22H25N5O2S/c1-4-6-7-11-22(29)12-10-15-8-9-17(24-18(15)22)27-19-16(14-23-21(25-19)30-3)20(28)26(27)13-5-2/h4-5,8-9,14,29H,1-2,6-7,10-13H2,3H3. The summed E-state index contributed by atoms with van der Waals surface area (Å²) in [7, 11) is 0. The van der Waals surface area contributed by atoms with E-state index in [0.29, 0.717) is 47.1 Å². The molecule has 0 aliphatic heterocycles. The van der Waals surface area contributed by atoms with Crippen molar-refractivity contribution < 1.29 is 5.11 Å². The third kappa shape index (κ3) is 3.40. The normalized spacial score (nSPS) is 17.9. The van der Waals surface area contributed by atoms with Gasteiger partial charge in [0.2, 0.25) is 0 Å². The summed E-state index contributed by atoms with van der Waals surface area (Å²) in [5.74, 6) is 0.553. The van der Waals surface area contributed by atoms with Gasteiger partial charge in [-0.25, -0.2) is 24.3 Å². The molecule has 3 heterocycles. The predicted octanol–water partition coefficient (Wildman–Crippen LogP) is 3.38. The Morgan fingerprint density at radius 2 is 2.13 bits per heavy atom. The fourth-order valence-electron chi connectivity index (χ4n) is 4.07. The van der Waals surface area contributed by atoms with Crippen molar-refractivity contribution in [1.29, 1.82) is 0 Å². The first-order valence-electron chi connectivity index (χ1n) is 10.00. The maximum Gasteiger partial charge on any atom is 0.278 e. The highest BCUT2D eigenvalue weighted by Crippen LogP contribution is 2.39. The van der Waals surface area contributed by atoms with Crippen molar-refractivity contribution in [3.63, 3.8) is 0 Å². The highest BCUT2D eigenvalue weighted by molar-refractivity contribution is 7.98. The fraction of sp³-hybridized carbons (Fsp3) is 0.364. The molecule has 1 unspecified atom stereocenters. The molecule has 0 saturated carbocycles. The molecular formula is C22H25N5O2S. The lowest BCUT2D eigenvalue weighted by molar-refractivity contribution is 0.0237. The second-order valence-corrected chi connectivity index (χ2v) is 8.24. The van der Waals surface area contributed by atoms with Gasteiger partial charge >= 0.3 is 0 Å². The zero-order chi connectivity index (χ0) is 21.3. The lowest BCUT2D eigenvalue weighted by Gasteiger charge is -2.23. The third-order valence-electron chi connectivity index (χ3n) is 5.57. The van der Waals surface area contributed by atoms with Gasteiger partial charge in [-0.1, -0.05) is 30.0 Å². The first-order valence-corrected chi connectivity index (χ1v) is 11.2. The molecule has 0 fully saturated rings. The number of fused-ring (bicyclic) bond motifs is 2. The monoisotopic (exact) mass is 423 g/mol. The second kappa shape index (κ2) is 8.20. The van der Waals surface area contributed by atoms with E-state index in [1.165, 1.54) is 11.8 Å². The molecule has 1 aliphatic rings. The number of rotatable bonds is 8. The minimum atomic E-state index is -0.958. The van der Waals surface area contributed by atoms with Crippen molar-refractivity contribution in [3.05, 3.63) is 65.3 Å². The number of aromatic nitrogens is 5. The van der Waals surface area contributed by atoms with Crippen LogP contribution in [-0.2, 0) is 18.6 Å². The molecule has 4 rings (SSSR count). The molecule has 0 amide bonds. The van der Waals surface area contributed by atoms with Crippen molar-refractivity contribution in [1.82, 2.24) is 24.3 Å². The maximum absolute atomic E-state index is 13.0. The van der Waals surface area contributed by atoms with Crippen LogP contribution in [0.5, 0.6) is 0 Å². The molecule has 0 saturated heterocycles. The van der Waals surface area contributed by atoms with E-state index in [1.54, 1.807) is 21.6 Å². The van der Waals surface area contributed by atoms with Crippen molar-refractivity contribution >= 4 is 22.8 Å². The number of aryl methyl sites for hydroxylation is 1. The van der Waals surface area contributed by atoms with Crippen molar-refractivity contribution in [2.75, 3.05) is 6.26 Å². The number of allylic oxidation sites excluding steroid dienone is 2. The number of aliphatic hydroxyl groups is 1. The quantitative estimate of drug-likeness (QED) is 0.259. The van der Waals surface area contributed by atoms with E-state index in [1.807, 2.05) is 24.5 Å². The molecule has 0 spiro atoms. The summed E-state index contributed by atoms with van der Waals surface area (Å²) in [6, 6.07) is 3.88. The topological polar surface area (TPSA) is 85.8 Å². The first kappa shape index (κ1) is 20.6. The number of nitrogens with zero attached hydrogens (tertiary/aromatic N) is 5. The van der Waals surface area contributed by atoms with E-state index in [4.69, 9.17) is 4.98 Å². The molecule has 1 aliphatic carbocycles. The zero-order valence-electron chi connectivity index (χ0n) is 17.0. The summed E-state index contributed by atoms with van der Waals surface area (Å²) in [5.41, 5.74) is 1.10. The molecule has 1 N–H and O–H groups in total. The summed E-state index contributed by atoms with van der Waals surface area (Å²) in [6.45, 7) is 7.85. The van der Waals surface area contributed by atoms with Crippen molar-refractivity contribution in [2.24, 2.45) is 0 Å². The number of thioether (sulfide) groups is 1. The molecule has 8 heteroatoms. The molecule has 0 bridgehead atoms. The van der Waals surface area contributed by atoms with E-state index < -0.39 is 5.60 Å². The van der Waals surface area contributed by atoms with Gasteiger partial charge in [0.25, 0.3) is 5.56 Å². The fourth-order valence-corrected chi connectivity index (χ4v) is 4.41.